The molecule has 3 N–H and O–H groups in total. The maximum atomic E-state index is 12.6. The first-order valence-electron chi connectivity index (χ1n) is 8.20. The molecule has 0 saturated carbocycles. The molecule has 1 amide bonds. The van der Waals surface area contributed by atoms with Crippen LogP contribution in [-0.4, -0.2) is 33.0 Å². The molecule has 7 nitrogen and oxygen atoms in total. The number of thiophene rings is 1. The number of hydrogen-bond donors (Lipinski definition) is 3. The minimum absolute atomic E-state index is 0.120. The molecule has 0 fully saturated rings. The molecule has 0 unspecified atom stereocenters. The van der Waals surface area contributed by atoms with Gasteiger partial charge in [-0.25, -0.2) is 15.0 Å². The van der Waals surface area contributed by atoms with Crippen molar-refractivity contribution in [1.82, 2.24) is 15.0 Å². The smallest absolute Gasteiger partial charge is 0.267 e. The Kier molecular flexibility index (Phi) is 5.23. The third-order valence-corrected chi connectivity index (χ3v) is 6.39. The second kappa shape index (κ2) is 7.80. The first-order valence-corrected chi connectivity index (χ1v) is 10.2. The minimum atomic E-state index is -0.264. The van der Waals surface area contributed by atoms with Crippen molar-refractivity contribution < 1.29 is 9.90 Å². The topological polar surface area (TPSA) is 100 Å². The predicted molar refractivity (Wildman–Crippen MR) is 113 cm³/mol. The molecule has 142 valence electrons. The summed E-state index contributed by atoms with van der Waals surface area (Å²) in [5.41, 5.74) is 2.03. The number of thiazole rings is 1. The van der Waals surface area contributed by atoms with Crippen LogP contribution in [0.1, 0.15) is 15.2 Å². The summed E-state index contributed by atoms with van der Waals surface area (Å²) < 4.78 is 0.762. The highest BCUT2D eigenvalue weighted by Crippen LogP contribution is 2.34. The van der Waals surface area contributed by atoms with Crippen molar-refractivity contribution in [3.8, 4) is 10.6 Å². The van der Waals surface area contributed by atoms with Gasteiger partial charge in [-0.2, -0.15) is 0 Å². The van der Waals surface area contributed by atoms with Gasteiger partial charge in [-0.1, -0.05) is 29.0 Å². The fraction of sp³-hybridized carbons (Fsp3) is 0.111. The summed E-state index contributed by atoms with van der Waals surface area (Å²) in [7, 11) is 1.75. The van der Waals surface area contributed by atoms with Gasteiger partial charge in [0.1, 0.15) is 5.52 Å². The molecular formula is C18H14ClN5O2S2. The molecule has 3 heterocycles. The monoisotopic (exact) mass is 431 g/mol. The van der Waals surface area contributed by atoms with Crippen LogP contribution in [-0.2, 0) is 6.61 Å². The molecule has 0 aliphatic heterocycles. The lowest BCUT2D eigenvalue weighted by molar-refractivity contribution is 0.103. The summed E-state index contributed by atoms with van der Waals surface area (Å²) >= 11 is 8.80. The fourth-order valence-electron chi connectivity index (χ4n) is 2.58. The number of anilines is 2. The van der Waals surface area contributed by atoms with Crippen LogP contribution < -0.4 is 10.6 Å². The number of fused-ring (bicyclic) bond motifs is 1. The first kappa shape index (κ1) is 18.8. The number of rotatable bonds is 5. The number of nitrogens with one attached hydrogen (secondary N) is 2. The first-order chi connectivity index (χ1) is 13.6. The number of nitrogens with zero attached hydrogens (tertiary/aromatic N) is 3. The molecule has 0 atom stereocenters. The molecular weight excluding hydrogens is 418 g/mol. The third kappa shape index (κ3) is 3.57. The van der Waals surface area contributed by atoms with E-state index in [1.54, 1.807) is 37.5 Å². The van der Waals surface area contributed by atoms with Gasteiger partial charge in [0.05, 0.1) is 31.8 Å². The van der Waals surface area contributed by atoms with Crippen molar-refractivity contribution >= 4 is 61.5 Å². The van der Waals surface area contributed by atoms with Crippen LogP contribution >= 0.6 is 34.3 Å². The van der Waals surface area contributed by atoms with Gasteiger partial charge in [-0.05, 0) is 29.8 Å². The van der Waals surface area contributed by atoms with E-state index >= 15 is 0 Å². The van der Waals surface area contributed by atoms with Crippen LogP contribution in [0.25, 0.3) is 20.8 Å². The van der Waals surface area contributed by atoms with Crippen LogP contribution in [0.3, 0.4) is 0 Å². The standard InChI is InChI=1S/C18H14ClN5O2S2/c1-20-17-21-7-6-11(22-17)12-4-5-13(27-12)16(26)24-18-23-14-10(19)3-2-9(8-25)15(14)28-18/h2-7,25H,8H2,1H3,(H,20,21,22)(H,23,24,26). The quantitative estimate of drug-likeness (QED) is 0.436. The van der Waals surface area contributed by atoms with Gasteiger partial charge in [0.2, 0.25) is 5.95 Å². The molecule has 0 saturated heterocycles. The number of hydrogen-bond acceptors (Lipinski definition) is 8. The predicted octanol–water partition coefficient (Wildman–Crippen LogP) is 4.25. The fourth-order valence-corrected chi connectivity index (χ4v) is 4.70. The minimum Gasteiger partial charge on any atom is -0.392 e. The third-order valence-electron chi connectivity index (χ3n) is 3.93. The molecule has 0 aliphatic carbocycles. The summed E-state index contributed by atoms with van der Waals surface area (Å²) in [5.74, 6) is 0.253. The zero-order chi connectivity index (χ0) is 19.7. The van der Waals surface area contributed by atoms with Crippen LogP contribution in [0.5, 0.6) is 0 Å². The molecule has 0 bridgehead atoms. The molecule has 28 heavy (non-hydrogen) atoms. The lowest BCUT2D eigenvalue weighted by Crippen LogP contribution is -2.09. The Morgan fingerprint density at radius 3 is 2.82 bits per heavy atom. The van der Waals surface area contributed by atoms with Crippen molar-refractivity contribution in [1.29, 1.82) is 0 Å². The summed E-state index contributed by atoms with van der Waals surface area (Å²) in [6.07, 6.45) is 1.66. The second-order valence-electron chi connectivity index (χ2n) is 5.69. The van der Waals surface area contributed by atoms with Gasteiger partial charge in [0, 0.05) is 13.2 Å². The van der Waals surface area contributed by atoms with Gasteiger partial charge in [-0.15, -0.1) is 11.3 Å². The highest BCUT2D eigenvalue weighted by atomic mass is 35.5. The Morgan fingerprint density at radius 2 is 2.04 bits per heavy atom. The van der Waals surface area contributed by atoms with Crippen LogP contribution in [0.4, 0.5) is 11.1 Å². The van der Waals surface area contributed by atoms with E-state index < -0.39 is 0 Å². The van der Waals surface area contributed by atoms with Crippen LogP contribution in [0, 0.1) is 0 Å². The molecule has 0 spiro atoms. The summed E-state index contributed by atoms with van der Waals surface area (Å²) in [4.78, 5) is 26.9. The number of aliphatic hydroxyl groups is 1. The molecule has 10 heteroatoms. The van der Waals surface area contributed by atoms with Crippen molar-refractivity contribution in [2.24, 2.45) is 0 Å². The van der Waals surface area contributed by atoms with Gasteiger partial charge in [0.25, 0.3) is 5.91 Å². The van der Waals surface area contributed by atoms with Gasteiger partial charge >= 0.3 is 0 Å². The van der Waals surface area contributed by atoms with Crippen molar-refractivity contribution in [2.45, 2.75) is 6.61 Å². The summed E-state index contributed by atoms with van der Waals surface area (Å²) in [5, 5.41) is 16.1. The highest BCUT2D eigenvalue weighted by Gasteiger charge is 2.16. The normalized spacial score (nSPS) is 11.0. The second-order valence-corrected chi connectivity index (χ2v) is 8.18. The van der Waals surface area contributed by atoms with E-state index in [4.69, 9.17) is 11.6 Å². The van der Waals surface area contributed by atoms with Crippen LogP contribution in [0.2, 0.25) is 5.02 Å². The molecule has 4 aromatic rings. The molecule has 3 aromatic heterocycles. The Morgan fingerprint density at radius 1 is 1.18 bits per heavy atom. The Hall–Kier alpha value is -2.59. The van der Waals surface area contributed by atoms with E-state index in [2.05, 4.69) is 25.6 Å². The average molecular weight is 432 g/mol. The Labute approximate surface area is 173 Å². The van der Waals surface area contributed by atoms with Crippen molar-refractivity contribution in [3.63, 3.8) is 0 Å². The Bertz CT molecular complexity index is 1170. The number of amides is 1. The van der Waals surface area contributed by atoms with E-state index in [9.17, 15) is 9.90 Å². The van der Waals surface area contributed by atoms with Crippen LogP contribution in [0.15, 0.2) is 36.5 Å². The number of carbonyl (C=O) groups is 1. The lowest BCUT2D eigenvalue weighted by Gasteiger charge is -2.00. The van der Waals surface area contributed by atoms with E-state index in [1.807, 2.05) is 6.07 Å². The number of aliphatic hydroxyl groups excluding tert-OH is 1. The average Bonchev–Trinajstić information content (AvgIpc) is 3.36. The number of benzene rings is 1. The molecule has 0 aliphatic rings. The number of halogens is 1. The summed E-state index contributed by atoms with van der Waals surface area (Å²) in [6, 6.07) is 8.82. The number of aromatic nitrogens is 3. The van der Waals surface area contributed by atoms with Gasteiger partial charge < -0.3 is 10.4 Å². The van der Waals surface area contributed by atoms with Gasteiger partial charge in [-0.3, -0.25) is 10.1 Å². The Balaban J connectivity index is 1.58. The van der Waals surface area contributed by atoms with Crippen molar-refractivity contribution in [2.75, 3.05) is 17.7 Å². The molecule has 4 rings (SSSR count). The maximum Gasteiger partial charge on any atom is 0.267 e. The molecule has 0 radical (unpaired) electrons. The number of carbonyl (C=O) groups excluding carboxylic acids is 1. The maximum absolute atomic E-state index is 12.6. The van der Waals surface area contributed by atoms with E-state index in [0.717, 1.165) is 20.8 Å². The lowest BCUT2D eigenvalue weighted by atomic mass is 10.2. The zero-order valence-electron chi connectivity index (χ0n) is 14.6. The van der Waals surface area contributed by atoms with E-state index in [0.29, 0.717) is 26.5 Å². The summed E-state index contributed by atoms with van der Waals surface area (Å²) in [6.45, 7) is -0.120. The van der Waals surface area contributed by atoms with Crippen molar-refractivity contribution in [3.05, 3.63) is 52.0 Å². The van der Waals surface area contributed by atoms with E-state index in [-0.39, 0.29) is 12.5 Å². The highest BCUT2D eigenvalue weighted by molar-refractivity contribution is 7.22. The molecule has 1 aromatic carbocycles. The largest absolute Gasteiger partial charge is 0.392 e. The van der Waals surface area contributed by atoms with Gasteiger partial charge in [0.15, 0.2) is 5.13 Å². The zero-order valence-corrected chi connectivity index (χ0v) is 17.0. The SMILES string of the molecule is CNc1nccc(-c2ccc(C(=O)Nc3nc4c(Cl)ccc(CO)c4s3)s2)n1. The van der Waals surface area contributed by atoms with E-state index in [1.165, 1.54) is 22.7 Å².